The van der Waals surface area contributed by atoms with Gasteiger partial charge in [0.1, 0.15) is 0 Å². The van der Waals surface area contributed by atoms with Crippen molar-refractivity contribution in [3.63, 3.8) is 0 Å². The predicted molar refractivity (Wildman–Crippen MR) is 82.5 cm³/mol. The SMILES string of the molecule is COc1c(CNc2c(C)cc(C)cc2C)c(C)nn1C. The van der Waals surface area contributed by atoms with Crippen LogP contribution in [0.5, 0.6) is 5.88 Å². The Labute approximate surface area is 120 Å². The molecule has 2 aromatic rings. The zero-order valence-electron chi connectivity index (χ0n) is 13.2. The van der Waals surface area contributed by atoms with Crippen LogP contribution in [0.2, 0.25) is 0 Å². The fraction of sp³-hybridized carbons (Fsp3) is 0.438. The van der Waals surface area contributed by atoms with E-state index in [1.54, 1.807) is 11.8 Å². The fourth-order valence-corrected chi connectivity index (χ4v) is 2.78. The van der Waals surface area contributed by atoms with Crippen LogP contribution in [0, 0.1) is 27.7 Å². The Morgan fingerprint density at radius 3 is 2.30 bits per heavy atom. The van der Waals surface area contributed by atoms with Crippen molar-refractivity contribution >= 4 is 5.69 Å². The average molecular weight is 273 g/mol. The first-order chi connectivity index (χ1) is 9.43. The van der Waals surface area contributed by atoms with Crippen LogP contribution in [0.4, 0.5) is 5.69 Å². The number of nitrogens with zero attached hydrogens (tertiary/aromatic N) is 2. The number of anilines is 1. The van der Waals surface area contributed by atoms with Gasteiger partial charge in [-0.1, -0.05) is 17.7 Å². The molecule has 1 aromatic carbocycles. The third-order valence-corrected chi connectivity index (χ3v) is 3.60. The minimum atomic E-state index is 0.716. The van der Waals surface area contributed by atoms with Gasteiger partial charge in [0.05, 0.1) is 18.4 Å². The van der Waals surface area contributed by atoms with Crippen LogP contribution in [-0.4, -0.2) is 16.9 Å². The highest BCUT2D eigenvalue weighted by Crippen LogP contribution is 2.26. The van der Waals surface area contributed by atoms with E-state index in [9.17, 15) is 0 Å². The number of nitrogens with one attached hydrogen (secondary N) is 1. The molecule has 0 unspecified atom stereocenters. The summed E-state index contributed by atoms with van der Waals surface area (Å²) in [5.74, 6) is 0.817. The minimum Gasteiger partial charge on any atom is -0.481 e. The Balaban J connectivity index is 2.26. The molecule has 1 heterocycles. The van der Waals surface area contributed by atoms with Crippen molar-refractivity contribution in [1.29, 1.82) is 0 Å². The van der Waals surface area contributed by atoms with Crippen LogP contribution >= 0.6 is 0 Å². The van der Waals surface area contributed by atoms with Crippen LogP contribution in [0.1, 0.15) is 27.9 Å². The molecule has 4 nitrogen and oxygen atoms in total. The van der Waals surface area contributed by atoms with Crippen molar-refractivity contribution in [2.45, 2.75) is 34.2 Å². The van der Waals surface area contributed by atoms with Crippen molar-refractivity contribution in [2.24, 2.45) is 7.05 Å². The lowest BCUT2D eigenvalue weighted by Gasteiger charge is -2.14. The maximum atomic E-state index is 5.43. The van der Waals surface area contributed by atoms with Crippen molar-refractivity contribution in [2.75, 3.05) is 12.4 Å². The second-order valence-corrected chi connectivity index (χ2v) is 5.32. The molecule has 1 N–H and O–H groups in total. The number of aryl methyl sites for hydroxylation is 5. The van der Waals surface area contributed by atoms with E-state index in [-0.39, 0.29) is 0 Å². The van der Waals surface area contributed by atoms with Gasteiger partial charge in [0.15, 0.2) is 0 Å². The molecule has 0 bridgehead atoms. The molecule has 0 saturated heterocycles. The first-order valence-electron chi connectivity index (χ1n) is 6.82. The quantitative estimate of drug-likeness (QED) is 0.929. The Morgan fingerprint density at radius 2 is 1.75 bits per heavy atom. The Hall–Kier alpha value is -1.97. The van der Waals surface area contributed by atoms with Gasteiger partial charge in [0.25, 0.3) is 0 Å². The topological polar surface area (TPSA) is 39.1 Å². The summed E-state index contributed by atoms with van der Waals surface area (Å²) in [6.45, 7) is 9.12. The second kappa shape index (κ2) is 5.57. The molecule has 0 amide bonds. The molecule has 0 atom stereocenters. The van der Waals surface area contributed by atoms with E-state index in [4.69, 9.17) is 4.74 Å². The Morgan fingerprint density at radius 1 is 1.15 bits per heavy atom. The Kier molecular flexibility index (Phi) is 4.02. The normalized spacial score (nSPS) is 10.7. The number of benzene rings is 1. The molecule has 4 heteroatoms. The van der Waals surface area contributed by atoms with Crippen LogP contribution in [0.25, 0.3) is 0 Å². The summed E-state index contributed by atoms with van der Waals surface area (Å²) in [6.07, 6.45) is 0. The molecule has 2 rings (SSSR count). The highest BCUT2D eigenvalue weighted by atomic mass is 16.5. The van der Waals surface area contributed by atoms with Crippen molar-refractivity contribution < 1.29 is 4.74 Å². The molecule has 0 radical (unpaired) electrons. The average Bonchev–Trinajstić information content (AvgIpc) is 2.62. The first kappa shape index (κ1) is 14.4. The van der Waals surface area contributed by atoms with Crippen molar-refractivity contribution in [3.8, 4) is 5.88 Å². The Bertz CT molecular complexity index is 606. The van der Waals surface area contributed by atoms with Gasteiger partial charge < -0.3 is 10.1 Å². The molecule has 0 aliphatic carbocycles. The number of aromatic nitrogens is 2. The number of hydrogen-bond donors (Lipinski definition) is 1. The van der Waals surface area contributed by atoms with E-state index >= 15 is 0 Å². The molecule has 0 fully saturated rings. The van der Waals surface area contributed by atoms with Crippen LogP contribution < -0.4 is 10.1 Å². The standard InChI is InChI=1S/C16H23N3O/c1-10-7-11(2)15(12(3)8-10)17-9-14-13(4)18-19(5)16(14)20-6/h7-8,17H,9H2,1-6H3. The van der Waals surface area contributed by atoms with Gasteiger partial charge in [-0.2, -0.15) is 5.10 Å². The van der Waals surface area contributed by atoms with Gasteiger partial charge in [-0.25, -0.2) is 4.68 Å². The highest BCUT2D eigenvalue weighted by Gasteiger charge is 2.14. The zero-order chi connectivity index (χ0) is 14.9. The van der Waals surface area contributed by atoms with E-state index in [0.29, 0.717) is 6.54 Å². The van der Waals surface area contributed by atoms with Crippen LogP contribution in [-0.2, 0) is 13.6 Å². The lowest BCUT2D eigenvalue weighted by molar-refractivity contribution is 0.370. The van der Waals surface area contributed by atoms with E-state index < -0.39 is 0 Å². The third-order valence-electron chi connectivity index (χ3n) is 3.60. The van der Waals surface area contributed by atoms with Crippen molar-refractivity contribution in [3.05, 3.63) is 40.1 Å². The molecule has 0 spiro atoms. The van der Waals surface area contributed by atoms with Gasteiger partial charge in [-0.15, -0.1) is 0 Å². The van der Waals surface area contributed by atoms with E-state index in [1.165, 1.54) is 22.4 Å². The van der Waals surface area contributed by atoms with Gasteiger partial charge in [-0.05, 0) is 38.8 Å². The zero-order valence-corrected chi connectivity index (χ0v) is 13.2. The van der Waals surface area contributed by atoms with Gasteiger partial charge >= 0.3 is 0 Å². The van der Waals surface area contributed by atoms with Gasteiger partial charge in [-0.3, -0.25) is 0 Å². The molecule has 0 saturated carbocycles. The number of rotatable bonds is 4. The maximum Gasteiger partial charge on any atom is 0.216 e. The summed E-state index contributed by atoms with van der Waals surface area (Å²) in [4.78, 5) is 0. The second-order valence-electron chi connectivity index (χ2n) is 5.32. The largest absolute Gasteiger partial charge is 0.481 e. The lowest BCUT2D eigenvalue weighted by atomic mass is 10.0. The van der Waals surface area contributed by atoms with Gasteiger partial charge in [0.2, 0.25) is 5.88 Å². The molecule has 0 aliphatic heterocycles. The third kappa shape index (κ3) is 2.64. The monoisotopic (exact) mass is 273 g/mol. The van der Waals surface area contributed by atoms with Gasteiger partial charge in [0, 0.05) is 19.3 Å². The summed E-state index contributed by atoms with van der Waals surface area (Å²) < 4.78 is 7.20. The lowest BCUT2D eigenvalue weighted by Crippen LogP contribution is -2.05. The summed E-state index contributed by atoms with van der Waals surface area (Å²) in [5.41, 5.74) is 7.13. The number of ether oxygens (including phenoxy) is 1. The van der Waals surface area contributed by atoms with Crippen LogP contribution in [0.15, 0.2) is 12.1 Å². The summed E-state index contributed by atoms with van der Waals surface area (Å²) in [5, 5.41) is 7.93. The van der Waals surface area contributed by atoms with E-state index in [0.717, 1.165) is 17.1 Å². The smallest absolute Gasteiger partial charge is 0.216 e. The molecular formula is C16H23N3O. The van der Waals surface area contributed by atoms with Crippen LogP contribution in [0.3, 0.4) is 0 Å². The highest BCUT2D eigenvalue weighted by molar-refractivity contribution is 5.58. The van der Waals surface area contributed by atoms with E-state index in [2.05, 4.69) is 43.3 Å². The van der Waals surface area contributed by atoms with E-state index in [1.807, 2.05) is 14.0 Å². The number of hydrogen-bond acceptors (Lipinski definition) is 3. The fourth-order valence-electron chi connectivity index (χ4n) is 2.78. The first-order valence-corrected chi connectivity index (χ1v) is 6.82. The number of methoxy groups -OCH3 is 1. The molecular weight excluding hydrogens is 250 g/mol. The molecule has 0 aliphatic rings. The summed E-state index contributed by atoms with van der Waals surface area (Å²) in [6, 6.07) is 4.39. The molecule has 108 valence electrons. The predicted octanol–water partition coefficient (Wildman–Crippen LogP) is 3.27. The molecule has 20 heavy (non-hydrogen) atoms. The maximum absolute atomic E-state index is 5.43. The summed E-state index contributed by atoms with van der Waals surface area (Å²) in [7, 11) is 3.58. The van der Waals surface area contributed by atoms with Crippen molar-refractivity contribution in [1.82, 2.24) is 9.78 Å². The molecule has 1 aromatic heterocycles. The minimum absolute atomic E-state index is 0.716. The summed E-state index contributed by atoms with van der Waals surface area (Å²) >= 11 is 0.